The maximum atomic E-state index is 12.3. The van der Waals surface area contributed by atoms with E-state index in [4.69, 9.17) is 4.74 Å². The molecule has 0 unspecified atom stereocenters. The lowest BCUT2D eigenvalue weighted by Crippen LogP contribution is -2.42. The summed E-state index contributed by atoms with van der Waals surface area (Å²) in [6.07, 6.45) is 4.98. The van der Waals surface area contributed by atoms with E-state index in [0.29, 0.717) is 24.8 Å². The molecule has 0 aromatic heterocycles. The molecule has 2 N–H and O–H groups in total. The third-order valence-corrected chi connectivity index (χ3v) is 5.99. The lowest BCUT2D eigenvalue weighted by atomic mass is 9.84. The van der Waals surface area contributed by atoms with Gasteiger partial charge in [-0.15, -0.1) is 0 Å². The van der Waals surface area contributed by atoms with Gasteiger partial charge in [0.2, 0.25) is 0 Å². The maximum Gasteiger partial charge on any atom is 0.414 e. The van der Waals surface area contributed by atoms with Gasteiger partial charge in [0.1, 0.15) is 6.61 Å². The van der Waals surface area contributed by atoms with Crippen LogP contribution in [0, 0.1) is 17.8 Å². The molecule has 2 saturated carbocycles. The zero-order valence-corrected chi connectivity index (χ0v) is 14.5. The fraction of sp³-hybridized carbons (Fsp3) is 0.579. The second-order valence-electron chi connectivity index (χ2n) is 7.54. The molecule has 4 rings (SSSR count). The summed E-state index contributed by atoms with van der Waals surface area (Å²) in [6, 6.07) is 7.30. The first-order valence-electron chi connectivity index (χ1n) is 9.22. The molecular weight excluding hydrogens is 318 g/mol. The molecule has 134 valence electrons. The largest absolute Gasteiger partial charge is 0.447 e. The van der Waals surface area contributed by atoms with Gasteiger partial charge >= 0.3 is 12.1 Å². The molecule has 3 amide bonds. The molecule has 2 aliphatic carbocycles. The fourth-order valence-electron chi connectivity index (χ4n) is 4.74. The molecule has 1 saturated heterocycles. The quantitative estimate of drug-likeness (QED) is 0.878. The first-order valence-corrected chi connectivity index (χ1v) is 9.22. The van der Waals surface area contributed by atoms with Gasteiger partial charge in [0, 0.05) is 17.4 Å². The van der Waals surface area contributed by atoms with E-state index in [2.05, 4.69) is 17.6 Å². The Morgan fingerprint density at radius 1 is 1.24 bits per heavy atom. The van der Waals surface area contributed by atoms with E-state index in [1.807, 2.05) is 24.3 Å². The van der Waals surface area contributed by atoms with Crippen LogP contribution in [0.25, 0.3) is 0 Å². The molecule has 6 heteroatoms. The Morgan fingerprint density at radius 2 is 2.04 bits per heavy atom. The van der Waals surface area contributed by atoms with E-state index in [1.165, 1.54) is 25.7 Å². The summed E-state index contributed by atoms with van der Waals surface area (Å²) in [4.78, 5) is 25.4. The number of nitrogens with one attached hydrogen (secondary N) is 2. The number of benzene rings is 1. The van der Waals surface area contributed by atoms with Crippen LogP contribution in [0.1, 0.15) is 32.6 Å². The van der Waals surface area contributed by atoms with Crippen LogP contribution in [-0.2, 0) is 4.74 Å². The Labute approximate surface area is 147 Å². The second kappa shape index (κ2) is 6.58. The number of anilines is 2. The zero-order chi connectivity index (χ0) is 17.4. The molecule has 6 nitrogen and oxygen atoms in total. The average molecular weight is 343 g/mol. The molecule has 3 fully saturated rings. The number of hydrogen-bond donors (Lipinski definition) is 2. The number of fused-ring (bicyclic) bond motifs is 2. The van der Waals surface area contributed by atoms with Crippen molar-refractivity contribution in [2.24, 2.45) is 17.8 Å². The van der Waals surface area contributed by atoms with Crippen LogP contribution in [0.5, 0.6) is 0 Å². The highest BCUT2D eigenvalue weighted by Gasteiger charge is 2.42. The molecule has 25 heavy (non-hydrogen) atoms. The Bertz CT molecular complexity index is 660. The summed E-state index contributed by atoms with van der Waals surface area (Å²) in [7, 11) is 0. The molecule has 0 spiro atoms. The number of rotatable bonds is 4. The Kier molecular flexibility index (Phi) is 4.27. The van der Waals surface area contributed by atoms with Gasteiger partial charge < -0.3 is 15.4 Å². The summed E-state index contributed by atoms with van der Waals surface area (Å²) in [5.41, 5.74) is 1.50. The van der Waals surface area contributed by atoms with Crippen molar-refractivity contribution in [2.75, 3.05) is 23.4 Å². The normalized spacial score (nSPS) is 28.8. The maximum absolute atomic E-state index is 12.3. The van der Waals surface area contributed by atoms with Gasteiger partial charge in [-0.25, -0.2) is 9.59 Å². The minimum atomic E-state index is -0.321. The van der Waals surface area contributed by atoms with Crippen molar-refractivity contribution in [1.82, 2.24) is 5.32 Å². The van der Waals surface area contributed by atoms with Crippen LogP contribution in [0.15, 0.2) is 24.3 Å². The molecular formula is C19H25N3O3. The fourth-order valence-corrected chi connectivity index (χ4v) is 4.74. The Morgan fingerprint density at radius 3 is 2.64 bits per heavy atom. The summed E-state index contributed by atoms with van der Waals surface area (Å²) in [5, 5.41) is 5.98. The van der Waals surface area contributed by atoms with Crippen LogP contribution in [-0.4, -0.2) is 31.3 Å². The van der Waals surface area contributed by atoms with Crippen LogP contribution in [0.2, 0.25) is 0 Å². The third-order valence-electron chi connectivity index (χ3n) is 5.99. The highest BCUT2D eigenvalue weighted by Crippen LogP contribution is 2.49. The van der Waals surface area contributed by atoms with Crippen molar-refractivity contribution in [3.8, 4) is 0 Å². The predicted molar refractivity (Wildman–Crippen MR) is 95.7 cm³/mol. The summed E-state index contributed by atoms with van der Waals surface area (Å²) >= 11 is 0. The lowest BCUT2D eigenvalue weighted by Gasteiger charge is -2.28. The number of carbonyl (C=O) groups is 2. The second-order valence-corrected chi connectivity index (χ2v) is 7.54. The van der Waals surface area contributed by atoms with E-state index in [9.17, 15) is 9.59 Å². The Hall–Kier alpha value is -2.24. The van der Waals surface area contributed by atoms with Gasteiger partial charge in [-0.2, -0.15) is 0 Å². The lowest BCUT2D eigenvalue weighted by molar-refractivity contribution is 0.181. The van der Waals surface area contributed by atoms with E-state index >= 15 is 0 Å². The molecule has 1 aromatic rings. The number of urea groups is 1. The van der Waals surface area contributed by atoms with E-state index in [-0.39, 0.29) is 18.2 Å². The minimum Gasteiger partial charge on any atom is -0.447 e. The van der Waals surface area contributed by atoms with Gasteiger partial charge in [-0.3, -0.25) is 4.90 Å². The minimum absolute atomic E-state index is 0.163. The van der Waals surface area contributed by atoms with E-state index in [1.54, 1.807) is 4.90 Å². The monoisotopic (exact) mass is 343 g/mol. The number of hydrogen-bond acceptors (Lipinski definition) is 3. The van der Waals surface area contributed by atoms with Crippen molar-refractivity contribution in [1.29, 1.82) is 0 Å². The number of amides is 3. The number of carbonyl (C=O) groups excluding carboxylic acids is 2. The van der Waals surface area contributed by atoms with E-state index < -0.39 is 0 Å². The summed E-state index contributed by atoms with van der Waals surface area (Å²) in [6.45, 7) is 3.10. The average Bonchev–Trinajstić information content (AvgIpc) is 3.32. The molecule has 3 aliphatic rings. The number of cyclic esters (lactones) is 1. The standard InChI is InChI=1S/C19H25N3O3/c1-12(17-11-13-2-3-14(17)10-13)20-18(23)21-15-4-6-16(7-5-15)22-8-9-25-19(22)24/h4-7,12-14,17H,2-3,8-11H2,1H3,(H2,20,21,23)/t12-,13-,14-,17+/m0/s1. The van der Waals surface area contributed by atoms with Crippen LogP contribution in [0.3, 0.4) is 0 Å². The predicted octanol–water partition coefficient (Wildman–Crippen LogP) is 3.59. The van der Waals surface area contributed by atoms with Crippen LogP contribution < -0.4 is 15.5 Å². The van der Waals surface area contributed by atoms with Gasteiger partial charge in [0.15, 0.2) is 0 Å². The van der Waals surface area contributed by atoms with Crippen molar-refractivity contribution in [3.63, 3.8) is 0 Å². The smallest absolute Gasteiger partial charge is 0.414 e. The van der Waals surface area contributed by atoms with Crippen LogP contribution in [0.4, 0.5) is 21.0 Å². The van der Waals surface area contributed by atoms with Crippen molar-refractivity contribution in [2.45, 2.75) is 38.6 Å². The first-order chi connectivity index (χ1) is 12.1. The van der Waals surface area contributed by atoms with E-state index in [0.717, 1.165) is 17.5 Å². The summed E-state index contributed by atoms with van der Waals surface area (Å²) in [5.74, 6) is 2.29. The topological polar surface area (TPSA) is 70.7 Å². The molecule has 1 heterocycles. The van der Waals surface area contributed by atoms with Crippen molar-refractivity contribution in [3.05, 3.63) is 24.3 Å². The van der Waals surface area contributed by atoms with Crippen molar-refractivity contribution < 1.29 is 14.3 Å². The highest BCUT2D eigenvalue weighted by molar-refractivity contribution is 5.91. The molecule has 1 aliphatic heterocycles. The number of nitrogens with zero attached hydrogens (tertiary/aromatic N) is 1. The zero-order valence-electron chi connectivity index (χ0n) is 14.5. The van der Waals surface area contributed by atoms with Gasteiger partial charge in [-0.1, -0.05) is 6.42 Å². The SMILES string of the molecule is C[C@H](NC(=O)Nc1ccc(N2CCOC2=O)cc1)[C@H]1C[C@H]2CC[C@H]1C2. The molecule has 4 atom stereocenters. The Balaban J connectivity index is 1.31. The molecule has 2 bridgehead atoms. The van der Waals surface area contributed by atoms with Gasteiger partial charge in [0.05, 0.1) is 6.54 Å². The molecule has 0 radical (unpaired) electrons. The summed E-state index contributed by atoms with van der Waals surface area (Å²) < 4.78 is 4.94. The van der Waals surface area contributed by atoms with Gasteiger partial charge in [0.25, 0.3) is 0 Å². The molecule has 1 aromatic carbocycles. The first kappa shape index (κ1) is 16.2. The van der Waals surface area contributed by atoms with Crippen LogP contribution >= 0.6 is 0 Å². The number of ether oxygens (including phenoxy) is 1. The van der Waals surface area contributed by atoms with Crippen molar-refractivity contribution >= 4 is 23.5 Å². The highest BCUT2D eigenvalue weighted by atomic mass is 16.6. The van der Waals surface area contributed by atoms with Gasteiger partial charge in [-0.05, 0) is 68.2 Å². The third kappa shape index (κ3) is 3.30.